The van der Waals surface area contributed by atoms with Crippen molar-refractivity contribution in [3.05, 3.63) is 64.9 Å². The zero-order valence-corrected chi connectivity index (χ0v) is 16.5. The third kappa shape index (κ3) is 4.99. The lowest BCUT2D eigenvalue weighted by Gasteiger charge is -2.39. The summed E-state index contributed by atoms with van der Waals surface area (Å²) in [6, 6.07) is 14.0. The molecule has 0 bridgehead atoms. The van der Waals surface area contributed by atoms with Gasteiger partial charge in [-0.1, -0.05) is 29.8 Å². The van der Waals surface area contributed by atoms with Gasteiger partial charge < -0.3 is 9.80 Å². The lowest BCUT2D eigenvalue weighted by molar-refractivity contribution is -0.135. The molecule has 0 aliphatic carbocycles. The van der Waals surface area contributed by atoms with Crippen molar-refractivity contribution in [1.82, 2.24) is 9.80 Å². The number of rotatable bonds is 5. The molecule has 1 atom stereocenters. The van der Waals surface area contributed by atoms with E-state index in [2.05, 4.69) is 15.9 Å². The molecule has 2 aromatic rings. The van der Waals surface area contributed by atoms with E-state index in [1.165, 1.54) is 12.1 Å². The van der Waals surface area contributed by atoms with Gasteiger partial charge in [-0.15, -0.1) is 0 Å². The summed E-state index contributed by atoms with van der Waals surface area (Å²) in [6.45, 7) is 5.68. The minimum atomic E-state index is -0.279. The van der Waals surface area contributed by atoms with Gasteiger partial charge in [-0.3, -0.25) is 9.69 Å². The molecule has 1 aliphatic rings. The van der Waals surface area contributed by atoms with E-state index < -0.39 is 0 Å². The van der Waals surface area contributed by atoms with E-state index >= 15 is 0 Å². The molecule has 6 heteroatoms. The first-order valence-corrected chi connectivity index (χ1v) is 9.56. The van der Waals surface area contributed by atoms with Gasteiger partial charge in [-0.25, -0.2) is 4.39 Å². The largest absolute Gasteiger partial charge is 0.369 e. The number of benzene rings is 2. The Balaban J connectivity index is 1.55. The molecule has 1 fully saturated rings. The predicted octanol–water partition coefficient (Wildman–Crippen LogP) is 3.65. The lowest BCUT2D eigenvalue weighted by atomic mass is 10.1. The molecule has 0 aromatic heterocycles. The van der Waals surface area contributed by atoms with Crippen molar-refractivity contribution in [2.24, 2.45) is 0 Å². The molecule has 0 unspecified atom stereocenters. The molecule has 1 aliphatic heterocycles. The topological polar surface area (TPSA) is 26.8 Å². The van der Waals surface area contributed by atoms with E-state index in [0.717, 1.165) is 42.5 Å². The minimum absolute atomic E-state index is 0.0514. The Morgan fingerprint density at radius 3 is 2.52 bits per heavy atom. The van der Waals surface area contributed by atoms with Crippen LogP contribution in [0.5, 0.6) is 0 Å². The highest BCUT2D eigenvalue weighted by Crippen LogP contribution is 2.21. The number of anilines is 1. The Morgan fingerprint density at radius 1 is 1.15 bits per heavy atom. The number of hydrogen-bond acceptors (Lipinski definition) is 3. The molecule has 144 valence electrons. The zero-order valence-electron chi connectivity index (χ0n) is 15.7. The van der Waals surface area contributed by atoms with Gasteiger partial charge >= 0.3 is 0 Å². The van der Waals surface area contributed by atoms with Crippen molar-refractivity contribution in [3.8, 4) is 0 Å². The van der Waals surface area contributed by atoms with Gasteiger partial charge in [0.1, 0.15) is 5.82 Å². The normalized spacial score (nSPS) is 16.2. The zero-order chi connectivity index (χ0) is 19.4. The van der Waals surface area contributed by atoms with E-state index in [9.17, 15) is 9.18 Å². The van der Waals surface area contributed by atoms with Crippen LogP contribution >= 0.6 is 11.6 Å². The van der Waals surface area contributed by atoms with Gasteiger partial charge in [0.05, 0.1) is 6.04 Å². The molecule has 4 nitrogen and oxygen atoms in total. The van der Waals surface area contributed by atoms with Crippen LogP contribution in [0.3, 0.4) is 0 Å². The molecule has 1 saturated heterocycles. The van der Waals surface area contributed by atoms with Gasteiger partial charge in [0.2, 0.25) is 5.91 Å². The van der Waals surface area contributed by atoms with Gasteiger partial charge in [0, 0.05) is 50.5 Å². The van der Waals surface area contributed by atoms with Crippen molar-refractivity contribution in [2.45, 2.75) is 19.5 Å². The third-order valence-corrected chi connectivity index (χ3v) is 5.31. The smallest absolute Gasteiger partial charge is 0.239 e. The average Bonchev–Trinajstić information content (AvgIpc) is 2.67. The van der Waals surface area contributed by atoms with Crippen molar-refractivity contribution in [3.63, 3.8) is 0 Å². The summed E-state index contributed by atoms with van der Waals surface area (Å²) < 4.78 is 13.3. The average molecular weight is 390 g/mol. The number of likely N-dealkylation sites (N-methyl/N-ethyl adjacent to an activating group) is 1. The lowest BCUT2D eigenvalue weighted by Crippen LogP contribution is -2.54. The summed E-state index contributed by atoms with van der Waals surface area (Å²) in [6.07, 6.45) is 0. The maximum atomic E-state index is 13.3. The third-order valence-electron chi connectivity index (χ3n) is 5.08. The first-order valence-electron chi connectivity index (χ1n) is 9.18. The highest BCUT2D eigenvalue weighted by Gasteiger charge is 2.27. The van der Waals surface area contributed by atoms with Crippen molar-refractivity contribution >= 4 is 23.2 Å². The Bertz CT molecular complexity index is 793. The van der Waals surface area contributed by atoms with Crippen LogP contribution in [0.2, 0.25) is 5.02 Å². The number of amides is 1. The predicted molar refractivity (Wildman–Crippen MR) is 108 cm³/mol. The monoisotopic (exact) mass is 389 g/mol. The molecule has 1 heterocycles. The second kappa shape index (κ2) is 8.72. The van der Waals surface area contributed by atoms with E-state index in [1.807, 2.05) is 31.2 Å². The van der Waals surface area contributed by atoms with Crippen LogP contribution in [-0.2, 0) is 11.3 Å². The highest BCUT2D eigenvalue weighted by molar-refractivity contribution is 6.30. The molecular formula is C21H25ClFN3O. The van der Waals surface area contributed by atoms with Crippen LogP contribution in [-0.4, -0.2) is 55.0 Å². The number of nitrogens with zero attached hydrogens (tertiary/aromatic N) is 3. The number of halogens is 2. The maximum absolute atomic E-state index is 13.3. The Morgan fingerprint density at radius 2 is 1.85 bits per heavy atom. The number of carbonyl (C=O) groups excluding carboxylic acids is 1. The molecule has 2 aromatic carbocycles. The minimum Gasteiger partial charge on any atom is -0.369 e. The van der Waals surface area contributed by atoms with Crippen LogP contribution in [0.4, 0.5) is 10.1 Å². The van der Waals surface area contributed by atoms with Crippen molar-refractivity contribution in [2.75, 3.05) is 38.1 Å². The molecule has 3 rings (SSSR count). The van der Waals surface area contributed by atoms with Crippen LogP contribution in [0, 0.1) is 5.82 Å². The first kappa shape index (κ1) is 19.6. The van der Waals surface area contributed by atoms with Crippen LogP contribution < -0.4 is 4.90 Å². The molecule has 0 radical (unpaired) electrons. The van der Waals surface area contributed by atoms with Crippen LogP contribution in [0.15, 0.2) is 48.5 Å². The summed E-state index contributed by atoms with van der Waals surface area (Å²) >= 11 is 6.09. The number of carbonyl (C=O) groups is 1. The number of hydrogen-bond donors (Lipinski definition) is 0. The second-order valence-electron chi connectivity index (χ2n) is 7.00. The molecule has 0 N–H and O–H groups in total. The summed E-state index contributed by atoms with van der Waals surface area (Å²) in [7, 11) is 1.77. The Labute approximate surface area is 165 Å². The highest BCUT2D eigenvalue weighted by atomic mass is 35.5. The van der Waals surface area contributed by atoms with E-state index in [0.29, 0.717) is 6.54 Å². The fourth-order valence-corrected chi connectivity index (χ4v) is 3.69. The number of piperazine rings is 1. The van der Waals surface area contributed by atoms with Crippen LogP contribution in [0.25, 0.3) is 0 Å². The molecule has 27 heavy (non-hydrogen) atoms. The standard InChI is InChI=1S/C21H25ClFN3O/c1-16(21(27)24(2)15-17-5-3-7-19(23)13-17)25-9-11-26(12-10-25)20-8-4-6-18(22)14-20/h3-8,13-14,16H,9-12,15H2,1-2H3/t16-/m0/s1. The summed E-state index contributed by atoms with van der Waals surface area (Å²) in [5.41, 5.74) is 1.91. The molecule has 0 saturated carbocycles. The first-order chi connectivity index (χ1) is 12.9. The van der Waals surface area contributed by atoms with Gasteiger partial charge in [0.15, 0.2) is 0 Å². The fourth-order valence-electron chi connectivity index (χ4n) is 3.50. The summed E-state index contributed by atoms with van der Waals surface area (Å²) in [5, 5.41) is 0.734. The summed E-state index contributed by atoms with van der Waals surface area (Å²) in [4.78, 5) is 18.9. The Hall–Kier alpha value is -2.11. The maximum Gasteiger partial charge on any atom is 0.239 e. The Kier molecular flexibility index (Phi) is 6.34. The van der Waals surface area contributed by atoms with Gasteiger partial charge in [0.25, 0.3) is 0 Å². The van der Waals surface area contributed by atoms with Crippen molar-refractivity contribution in [1.29, 1.82) is 0 Å². The molecule has 0 spiro atoms. The molecule has 1 amide bonds. The van der Waals surface area contributed by atoms with E-state index in [4.69, 9.17) is 11.6 Å². The van der Waals surface area contributed by atoms with Crippen LogP contribution in [0.1, 0.15) is 12.5 Å². The second-order valence-corrected chi connectivity index (χ2v) is 7.44. The SMILES string of the molecule is C[C@@H](C(=O)N(C)Cc1cccc(F)c1)N1CCN(c2cccc(Cl)c2)CC1. The van der Waals surface area contributed by atoms with Gasteiger partial charge in [-0.05, 0) is 42.8 Å². The summed E-state index contributed by atoms with van der Waals surface area (Å²) in [5.74, 6) is -0.228. The van der Waals surface area contributed by atoms with Gasteiger partial charge in [-0.2, -0.15) is 0 Å². The van der Waals surface area contributed by atoms with E-state index in [1.54, 1.807) is 18.0 Å². The fraction of sp³-hybridized carbons (Fsp3) is 0.381. The molecular weight excluding hydrogens is 365 g/mol. The quantitative estimate of drug-likeness (QED) is 0.781. The van der Waals surface area contributed by atoms with E-state index in [-0.39, 0.29) is 17.8 Å². The van der Waals surface area contributed by atoms with Crippen molar-refractivity contribution < 1.29 is 9.18 Å².